The molecule has 1 aromatic carbocycles. The van der Waals surface area contributed by atoms with E-state index < -0.39 is 6.04 Å². The lowest BCUT2D eigenvalue weighted by atomic mass is 10.2. The molecule has 0 saturated heterocycles. The molecule has 21 heavy (non-hydrogen) atoms. The van der Waals surface area contributed by atoms with E-state index in [0.717, 1.165) is 30.1 Å². The van der Waals surface area contributed by atoms with Crippen LogP contribution in [0.1, 0.15) is 25.3 Å². The van der Waals surface area contributed by atoms with Crippen molar-refractivity contribution in [2.75, 3.05) is 18.6 Å². The molecule has 0 fully saturated rings. The summed E-state index contributed by atoms with van der Waals surface area (Å²) in [5, 5.41) is 2.86. The van der Waals surface area contributed by atoms with E-state index in [9.17, 15) is 4.79 Å². The van der Waals surface area contributed by atoms with Gasteiger partial charge in [-0.15, -0.1) is 12.4 Å². The van der Waals surface area contributed by atoms with Crippen LogP contribution in [0.25, 0.3) is 0 Å². The Morgan fingerprint density at radius 2 is 2.05 bits per heavy atom. The molecule has 6 heteroatoms. The highest BCUT2D eigenvalue weighted by Crippen LogP contribution is 2.12. The number of ether oxygens (including phenoxy) is 1. The van der Waals surface area contributed by atoms with Gasteiger partial charge in [0.1, 0.15) is 5.75 Å². The second-order valence-electron chi connectivity index (χ2n) is 4.60. The molecule has 1 amide bonds. The summed E-state index contributed by atoms with van der Waals surface area (Å²) >= 11 is 1.70. The number of nitrogens with one attached hydrogen (secondary N) is 1. The summed E-state index contributed by atoms with van der Waals surface area (Å²) in [4.78, 5) is 11.8. The number of thioether (sulfide) groups is 1. The summed E-state index contributed by atoms with van der Waals surface area (Å²) in [7, 11) is 0. The Hall–Kier alpha value is -0.910. The zero-order valence-electron chi connectivity index (χ0n) is 12.6. The summed E-state index contributed by atoms with van der Waals surface area (Å²) in [5.41, 5.74) is 6.84. The topological polar surface area (TPSA) is 64.3 Å². The van der Waals surface area contributed by atoms with Crippen LogP contribution in [0.2, 0.25) is 0 Å². The van der Waals surface area contributed by atoms with Gasteiger partial charge in [0.25, 0.3) is 0 Å². The number of carbonyl (C=O) groups excluding carboxylic acids is 1. The summed E-state index contributed by atoms with van der Waals surface area (Å²) in [6, 6.07) is 7.34. The minimum absolute atomic E-state index is 0. The van der Waals surface area contributed by atoms with Crippen LogP contribution in [0.5, 0.6) is 5.75 Å². The van der Waals surface area contributed by atoms with E-state index in [1.807, 2.05) is 30.5 Å². The molecule has 1 atom stereocenters. The van der Waals surface area contributed by atoms with E-state index in [4.69, 9.17) is 10.5 Å². The SMILES string of the molecule is CCCOc1ccc(CNC(=O)[C@@H](N)CCSC)cc1.Cl. The van der Waals surface area contributed by atoms with E-state index in [2.05, 4.69) is 12.2 Å². The van der Waals surface area contributed by atoms with Crippen LogP contribution in [0.3, 0.4) is 0 Å². The Bertz CT molecular complexity index is 401. The van der Waals surface area contributed by atoms with Crippen molar-refractivity contribution in [1.29, 1.82) is 0 Å². The molecule has 0 aliphatic rings. The maximum absolute atomic E-state index is 11.8. The Labute approximate surface area is 137 Å². The van der Waals surface area contributed by atoms with Crippen molar-refractivity contribution in [3.63, 3.8) is 0 Å². The Morgan fingerprint density at radius 3 is 2.62 bits per heavy atom. The molecule has 1 rings (SSSR count). The maximum Gasteiger partial charge on any atom is 0.237 e. The zero-order valence-corrected chi connectivity index (χ0v) is 14.3. The number of nitrogens with two attached hydrogens (primary N) is 1. The van der Waals surface area contributed by atoms with Gasteiger partial charge in [0.15, 0.2) is 0 Å². The number of rotatable bonds is 9. The first-order valence-corrected chi connectivity index (χ1v) is 8.30. The van der Waals surface area contributed by atoms with Crippen LogP contribution < -0.4 is 15.8 Å². The van der Waals surface area contributed by atoms with Crippen molar-refractivity contribution in [2.45, 2.75) is 32.4 Å². The van der Waals surface area contributed by atoms with Gasteiger partial charge in [0.05, 0.1) is 12.6 Å². The van der Waals surface area contributed by atoms with Crippen molar-refractivity contribution >= 4 is 30.1 Å². The highest BCUT2D eigenvalue weighted by Gasteiger charge is 2.12. The highest BCUT2D eigenvalue weighted by atomic mass is 35.5. The van der Waals surface area contributed by atoms with Crippen LogP contribution in [0.4, 0.5) is 0 Å². The van der Waals surface area contributed by atoms with Crippen LogP contribution in [-0.4, -0.2) is 30.6 Å². The van der Waals surface area contributed by atoms with E-state index in [0.29, 0.717) is 13.0 Å². The second-order valence-corrected chi connectivity index (χ2v) is 5.58. The molecule has 1 aromatic rings. The fraction of sp³-hybridized carbons (Fsp3) is 0.533. The molecule has 3 N–H and O–H groups in total. The van der Waals surface area contributed by atoms with Crippen molar-refractivity contribution in [2.24, 2.45) is 5.73 Å². The first-order valence-electron chi connectivity index (χ1n) is 6.91. The lowest BCUT2D eigenvalue weighted by Gasteiger charge is -2.12. The molecule has 0 aliphatic heterocycles. The molecule has 0 aliphatic carbocycles. The van der Waals surface area contributed by atoms with Crippen LogP contribution in [0.15, 0.2) is 24.3 Å². The largest absolute Gasteiger partial charge is 0.494 e. The predicted octanol–water partition coefficient (Wildman–Crippen LogP) is 2.59. The quantitative estimate of drug-likeness (QED) is 0.729. The number of hydrogen-bond acceptors (Lipinski definition) is 4. The predicted molar refractivity (Wildman–Crippen MR) is 92.3 cm³/mol. The van der Waals surface area contributed by atoms with Crippen LogP contribution in [-0.2, 0) is 11.3 Å². The van der Waals surface area contributed by atoms with E-state index in [1.54, 1.807) is 11.8 Å². The van der Waals surface area contributed by atoms with Gasteiger partial charge in [-0.25, -0.2) is 0 Å². The number of benzene rings is 1. The minimum Gasteiger partial charge on any atom is -0.494 e. The average Bonchev–Trinajstić information content (AvgIpc) is 2.49. The third-order valence-corrected chi connectivity index (χ3v) is 3.48. The Morgan fingerprint density at radius 1 is 1.38 bits per heavy atom. The van der Waals surface area contributed by atoms with Gasteiger partial charge in [0.2, 0.25) is 5.91 Å². The van der Waals surface area contributed by atoms with Gasteiger partial charge in [-0.05, 0) is 42.5 Å². The molecule has 0 heterocycles. The normalized spacial score (nSPS) is 11.4. The van der Waals surface area contributed by atoms with Crippen molar-refractivity contribution in [1.82, 2.24) is 5.32 Å². The maximum atomic E-state index is 11.8. The number of hydrogen-bond donors (Lipinski definition) is 2. The highest BCUT2D eigenvalue weighted by molar-refractivity contribution is 7.98. The minimum atomic E-state index is -0.422. The van der Waals surface area contributed by atoms with Gasteiger partial charge in [-0.1, -0.05) is 19.1 Å². The summed E-state index contributed by atoms with van der Waals surface area (Å²) in [5.74, 6) is 1.67. The molecule has 0 radical (unpaired) electrons. The van der Waals surface area contributed by atoms with Crippen molar-refractivity contribution < 1.29 is 9.53 Å². The molecule has 0 unspecified atom stereocenters. The summed E-state index contributed by atoms with van der Waals surface area (Å²) < 4.78 is 5.51. The van der Waals surface area contributed by atoms with Crippen molar-refractivity contribution in [3.05, 3.63) is 29.8 Å². The average molecular weight is 333 g/mol. The standard InChI is InChI=1S/C15H24N2O2S.ClH/c1-3-9-19-13-6-4-12(5-7-13)11-17-15(18)14(16)8-10-20-2;/h4-7,14H,3,8-11,16H2,1-2H3,(H,17,18);1H/t14-;/m0./s1. The first kappa shape index (κ1) is 20.1. The molecule has 120 valence electrons. The Kier molecular flexibility index (Phi) is 11.2. The molecule has 0 spiro atoms. The van der Waals surface area contributed by atoms with Gasteiger partial charge in [-0.2, -0.15) is 11.8 Å². The molecular weight excluding hydrogens is 308 g/mol. The molecule has 0 aromatic heterocycles. The van der Waals surface area contributed by atoms with Gasteiger partial charge >= 0.3 is 0 Å². The number of amides is 1. The molecular formula is C15H25ClN2O2S. The number of halogens is 1. The van der Waals surface area contributed by atoms with E-state index >= 15 is 0 Å². The van der Waals surface area contributed by atoms with Crippen LogP contribution >= 0.6 is 24.2 Å². The smallest absolute Gasteiger partial charge is 0.237 e. The van der Waals surface area contributed by atoms with Crippen molar-refractivity contribution in [3.8, 4) is 5.75 Å². The first-order chi connectivity index (χ1) is 9.67. The third-order valence-electron chi connectivity index (χ3n) is 2.83. The van der Waals surface area contributed by atoms with Gasteiger partial charge in [0, 0.05) is 6.54 Å². The fourth-order valence-corrected chi connectivity index (χ4v) is 2.11. The van der Waals surface area contributed by atoms with Gasteiger partial charge in [-0.3, -0.25) is 4.79 Å². The third kappa shape index (κ3) is 8.19. The second kappa shape index (κ2) is 11.7. The number of carbonyl (C=O) groups is 1. The lowest BCUT2D eigenvalue weighted by molar-refractivity contribution is -0.122. The fourth-order valence-electron chi connectivity index (χ4n) is 1.62. The molecule has 4 nitrogen and oxygen atoms in total. The van der Waals surface area contributed by atoms with Crippen LogP contribution in [0, 0.1) is 0 Å². The van der Waals surface area contributed by atoms with E-state index in [1.165, 1.54) is 0 Å². The van der Waals surface area contributed by atoms with Gasteiger partial charge < -0.3 is 15.8 Å². The van der Waals surface area contributed by atoms with E-state index in [-0.39, 0.29) is 18.3 Å². The molecule has 0 saturated carbocycles. The Balaban J connectivity index is 0.00000400. The summed E-state index contributed by atoms with van der Waals surface area (Å²) in [6.45, 7) is 3.30. The lowest BCUT2D eigenvalue weighted by Crippen LogP contribution is -2.40. The summed E-state index contributed by atoms with van der Waals surface area (Å²) in [6.07, 6.45) is 3.70. The monoisotopic (exact) mass is 332 g/mol. The zero-order chi connectivity index (χ0) is 14.8. The molecule has 0 bridgehead atoms.